The fourth-order valence-corrected chi connectivity index (χ4v) is 2.12. The van der Waals surface area contributed by atoms with Gasteiger partial charge in [-0.3, -0.25) is 4.68 Å². The summed E-state index contributed by atoms with van der Waals surface area (Å²) in [5.74, 6) is 0.809. The largest absolute Gasteiger partial charge is 0.315 e. The Morgan fingerprint density at radius 2 is 2.00 bits per heavy atom. The highest BCUT2D eigenvalue weighted by molar-refractivity contribution is 9.10. The summed E-state index contributed by atoms with van der Waals surface area (Å²) in [7, 11) is 0. The number of hydrogen-bond acceptors (Lipinski definition) is 2. The number of aryl methyl sites for hydroxylation is 1. The zero-order valence-electron chi connectivity index (χ0n) is 11.4. The molecule has 0 aliphatic heterocycles. The molecule has 0 atom stereocenters. The molecule has 1 heterocycles. The van der Waals surface area contributed by atoms with Crippen LogP contribution in [0.2, 0.25) is 0 Å². The van der Waals surface area contributed by atoms with E-state index in [-0.39, 0.29) is 0 Å². The number of rotatable bonds is 7. The zero-order valence-corrected chi connectivity index (χ0v) is 13.0. The predicted molar refractivity (Wildman–Crippen MR) is 76.3 cm³/mol. The summed E-state index contributed by atoms with van der Waals surface area (Å²) in [6, 6.07) is 0. The van der Waals surface area contributed by atoms with Gasteiger partial charge in [-0.2, -0.15) is 5.10 Å². The number of hydrogen-bond donors (Lipinski definition) is 1. The van der Waals surface area contributed by atoms with Crippen molar-refractivity contribution in [2.45, 2.75) is 47.1 Å². The molecule has 0 spiro atoms. The predicted octanol–water partition coefficient (Wildman–Crippen LogP) is 3.29. The van der Waals surface area contributed by atoms with E-state index < -0.39 is 0 Å². The maximum atomic E-state index is 4.49. The molecule has 0 aliphatic carbocycles. The van der Waals surface area contributed by atoms with Gasteiger partial charge in [0.1, 0.15) is 0 Å². The van der Waals surface area contributed by atoms with Crippen LogP contribution in [0, 0.1) is 19.8 Å². The molecule has 1 rings (SSSR count). The Morgan fingerprint density at radius 1 is 1.29 bits per heavy atom. The van der Waals surface area contributed by atoms with Gasteiger partial charge in [0.15, 0.2) is 0 Å². The summed E-state index contributed by atoms with van der Waals surface area (Å²) in [6.07, 6.45) is 2.57. The SMILES string of the molecule is Cc1nn(CCNCCCC(C)C)c(C)c1Br. The van der Waals surface area contributed by atoms with Crippen molar-refractivity contribution in [3.05, 3.63) is 15.9 Å². The summed E-state index contributed by atoms with van der Waals surface area (Å²) in [6.45, 7) is 11.7. The van der Waals surface area contributed by atoms with Gasteiger partial charge in [0, 0.05) is 12.2 Å². The van der Waals surface area contributed by atoms with Crippen LogP contribution in [0.3, 0.4) is 0 Å². The smallest absolute Gasteiger partial charge is 0.0738 e. The summed E-state index contributed by atoms with van der Waals surface area (Å²) in [5.41, 5.74) is 2.29. The first kappa shape index (κ1) is 14.7. The normalized spacial score (nSPS) is 11.4. The lowest BCUT2D eigenvalue weighted by Crippen LogP contribution is -2.22. The average Bonchev–Trinajstić information content (AvgIpc) is 2.51. The molecule has 0 aromatic carbocycles. The number of nitrogens with zero attached hydrogens (tertiary/aromatic N) is 2. The van der Waals surface area contributed by atoms with Crippen LogP contribution in [0.15, 0.2) is 4.47 Å². The standard InChI is InChI=1S/C13H24BrN3/c1-10(2)6-5-7-15-8-9-17-12(4)13(14)11(3)16-17/h10,15H,5-9H2,1-4H3. The Kier molecular flexibility index (Phi) is 6.20. The minimum Gasteiger partial charge on any atom is -0.315 e. The van der Waals surface area contributed by atoms with Crippen LogP contribution in [0.5, 0.6) is 0 Å². The van der Waals surface area contributed by atoms with E-state index >= 15 is 0 Å². The molecule has 1 N–H and O–H groups in total. The van der Waals surface area contributed by atoms with E-state index in [0.717, 1.165) is 35.7 Å². The molecule has 1 aromatic heterocycles. The Hall–Kier alpha value is -0.350. The number of nitrogens with one attached hydrogen (secondary N) is 1. The molecular weight excluding hydrogens is 278 g/mol. The molecule has 0 aliphatic rings. The second-order valence-corrected chi connectivity index (χ2v) is 5.79. The van der Waals surface area contributed by atoms with Gasteiger partial charge < -0.3 is 5.32 Å². The Labute approximate surface area is 113 Å². The maximum Gasteiger partial charge on any atom is 0.0738 e. The fourth-order valence-electron chi connectivity index (χ4n) is 1.84. The second kappa shape index (κ2) is 7.17. The molecule has 0 saturated carbocycles. The summed E-state index contributed by atoms with van der Waals surface area (Å²) in [4.78, 5) is 0. The average molecular weight is 302 g/mol. The molecule has 4 heteroatoms. The third-order valence-corrected chi connectivity index (χ3v) is 4.08. The van der Waals surface area contributed by atoms with Crippen molar-refractivity contribution in [2.24, 2.45) is 5.92 Å². The minimum atomic E-state index is 0.809. The molecule has 3 nitrogen and oxygen atoms in total. The van der Waals surface area contributed by atoms with Crippen LogP contribution in [0.4, 0.5) is 0 Å². The van der Waals surface area contributed by atoms with Crippen molar-refractivity contribution in [3.63, 3.8) is 0 Å². The summed E-state index contributed by atoms with van der Waals surface area (Å²) < 4.78 is 3.20. The van der Waals surface area contributed by atoms with Gasteiger partial charge in [-0.15, -0.1) is 0 Å². The molecule has 1 aromatic rings. The van der Waals surface area contributed by atoms with E-state index in [1.807, 2.05) is 6.92 Å². The van der Waals surface area contributed by atoms with E-state index in [1.165, 1.54) is 18.5 Å². The van der Waals surface area contributed by atoms with E-state index in [2.05, 4.69) is 51.8 Å². The second-order valence-electron chi connectivity index (χ2n) is 4.99. The molecule has 0 saturated heterocycles. The van der Waals surface area contributed by atoms with Crippen molar-refractivity contribution in [1.82, 2.24) is 15.1 Å². The Balaban J connectivity index is 2.20. The van der Waals surface area contributed by atoms with Crippen molar-refractivity contribution in [1.29, 1.82) is 0 Å². The van der Waals surface area contributed by atoms with Gasteiger partial charge in [-0.25, -0.2) is 0 Å². The summed E-state index contributed by atoms with van der Waals surface area (Å²) in [5, 5.41) is 7.95. The van der Waals surface area contributed by atoms with Gasteiger partial charge in [0.25, 0.3) is 0 Å². The van der Waals surface area contributed by atoms with Crippen LogP contribution >= 0.6 is 15.9 Å². The van der Waals surface area contributed by atoms with Crippen molar-refractivity contribution < 1.29 is 0 Å². The monoisotopic (exact) mass is 301 g/mol. The van der Waals surface area contributed by atoms with Crippen LogP contribution in [-0.2, 0) is 6.54 Å². The molecule has 0 radical (unpaired) electrons. The lowest BCUT2D eigenvalue weighted by molar-refractivity contribution is 0.500. The first-order chi connectivity index (χ1) is 8.02. The van der Waals surface area contributed by atoms with E-state index in [9.17, 15) is 0 Å². The van der Waals surface area contributed by atoms with Crippen molar-refractivity contribution in [3.8, 4) is 0 Å². The highest BCUT2D eigenvalue weighted by atomic mass is 79.9. The van der Waals surface area contributed by atoms with Crippen LogP contribution in [0.25, 0.3) is 0 Å². The fraction of sp³-hybridized carbons (Fsp3) is 0.769. The van der Waals surface area contributed by atoms with Gasteiger partial charge in [-0.05, 0) is 55.1 Å². The third-order valence-electron chi connectivity index (χ3n) is 2.93. The van der Waals surface area contributed by atoms with E-state index in [4.69, 9.17) is 0 Å². The minimum absolute atomic E-state index is 0.809. The molecule has 0 bridgehead atoms. The third kappa shape index (κ3) is 4.80. The lowest BCUT2D eigenvalue weighted by Gasteiger charge is -2.07. The number of aromatic nitrogens is 2. The maximum absolute atomic E-state index is 4.49. The molecule has 0 fully saturated rings. The molecule has 98 valence electrons. The lowest BCUT2D eigenvalue weighted by atomic mass is 10.1. The van der Waals surface area contributed by atoms with Crippen molar-refractivity contribution in [2.75, 3.05) is 13.1 Å². The van der Waals surface area contributed by atoms with Crippen molar-refractivity contribution >= 4 is 15.9 Å². The van der Waals surface area contributed by atoms with E-state index in [1.54, 1.807) is 0 Å². The molecule has 0 unspecified atom stereocenters. The van der Waals surface area contributed by atoms with Crippen LogP contribution in [-0.4, -0.2) is 22.9 Å². The van der Waals surface area contributed by atoms with Gasteiger partial charge in [0.05, 0.1) is 16.7 Å². The van der Waals surface area contributed by atoms with Crippen LogP contribution in [0.1, 0.15) is 38.1 Å². The Morgan fingerprint density at radius 3 is 2.53 bits per heavy atom. The first-order valence-corrected chi connectivity index (χ1v) is 7.22. The van der Waals surface area contributed by atoms with Gasteiger partial charge in [-0.1, -0.05) is 13.8 Å². The van der Waals surface area contributed by atoms with Crippen LogP contribution < -0.4 is 5.32 Å². The van der Waals surface area contributed by atoms with Gasteiger partial charge in [0.2, 0.25) is 0 Å². The molecule has 0 amide bonds. The van der Waals surface area contributed by atoms with E-state index in [0.29, 0.717) is 0 Å². The quantitative estimate of drug-likeness (QED) is 0.783. The first-order valence-electron chi connectivity index (χ1n) is 6.42. The highest BCUT2D eigenvalue weighted by Gasteiger charge is 2.07. The topological polar surface area (TPSA) is 29.9 Å². The molecule has 17 heavy (non-hydrogen) atoms. The zero-order chi connectivity index (χ0) is 12.8. The molecular formula is C13H24BrN3. The van der Waals surface area contributed by atoms with Gasteiger partial charge >= 0.3 is 0 Å². The number of halogens is 1. The Bertz CT molecular complexity index is 345. The summed E-state index contributed by atoms with van der Waals surface area (Å²) >= 11 is 3.55. The highest BCUT2D eigenvalue weighted by Crippen LogP contribution is 2.19.